The highest BCUT2D eigenvalue weighted by Crippen LogP contribution is 2.16. The van der Waals surface area contributed by atoms with E-state index in [1.807, 2.05) is 0 Å². The SMILES string of the molecule is CCCCCCCCCCCCCCOC(=O)OCCC[C@H](CSC[C@H](N)C(=O)N[C@@H](CO)C(=O)NCCOCCOCCOCCOCCOCCOCCOCCOCCOCCOCCOCCOCCC(=O)NCC(N)=O)OC(=O)OCCCCCCCCCCCCCC. The van der Waals surface area contributed by atoms with Crippen LogP contribution in [0.1, 0.15) is 187 Å². The number of unbranched alkanes of at least 4 members (excludes halogenated alkanes) is 22. The van der Waals surface area contributed by atoms with E-state index in [1.165, 1.54) is 127 Å². The van der Waals surface area contributed by atoms with E-state index < -0.39 is 54.8 Å². The quantitative estimate of drug-likeness (QED) is 0.0251. The van der Waals surface area contributed by atoms with Crippen LogP contribution >= 0.6 is 11.8 Å². The summed E-state index contributed by atoms with van der Waals surface area (Å²) in [4.78, 5) is 73.0. The average molecular weight is 1450 g/mol. The number of nitrogens with one attached hydrogen (secondary N) is 3. The maximum atomic E-state index is 13.0. The predicted molar refractivity (Wildman–Crippen MR) is 379 cm³/mol. The molecular weight excluding hydrogens is 1310 g/mol. The number of carbonyl (C=O) groups excluding carboxylic acids is 6. The van der Waals surface area contributed by atoms with E-state index in [-0.39, 0.29) is 70.0 Å². The van der Waals surface area contributed by atoms with Crippen LogP contribution in [0.15, 0.2) is 0 Å². The highest BCUT2D eigenvalue weighted by molar-refractivity contribution is 7.99. The molecule has 0 aromatic heterocycles. The summed E-state index contributed by atoms with van der Waals surface area (Å²) in [6.07, 6.45) is 27.6. The van der Waals surface area contributed by atoms with Crippen molar-refractivity contribution in [2.45, 2.75) is 205 Å². The number of amides is 4. The van der Waals surface area contributed by atoms with Gasteiger partial charge in [-0.15, -0.1) is 0 Å². The van der Waals surface area contributed by atoms with Gasteiger partial charge in [0.1, 0.15) is 12.1 Å². The third kappa shape index (κ3) is 73.8. The van der Waals surface area contributed by atoms with E-state index in [0.717, 1.165) is 38.5 Å². The predicted octanol–water partition coefficient (Wildman–Crippen LogP) is 7.69. The highest BCUT2D eigenvalue weighted by Gasteiger charge is 2.24. The summed E-state index contributed by atoms with van der Waals surface area (Å²) in [5.74, 6) is -1.72. The fraction of sp³-hybridized carbons (Fsp3) is 0.914. The molecule has 0 saturated heterocycles. The molecule has 99 heavy (non-hydrogen) atoms. The van der Waals surface area contributed by atoms with Gasteiger partial charge in [0.05, 0.1) is 198 Å². The van der Waals surface area contributed by atoms with E-state index >= 15 is 0 Å². The second-order valence-corrected chi connectivity index (χ2v) is 24.8. The van der Waals surface area contributed by atoms with Crippen molar-refractivity contribution in [1.29, 1.82) is 0 Å². The van der Waals surface area contributed by atoms with Gasteiger partial charge in [-0.2, -0.15) is 11.8 Å². The molecule has 0 bridgehead atoms. The number of aliphatic hydroxyl groups is 1. The van der Waals surface area contributed by atoms with Crippen LogP contribution in [0.2, 0.25) is 0 Å². The van der Waals surface area contributed by atoms with Crippen molar-refractivity contribution >= 4 is 47.7 Å². The van der Waals surface area contributed by atoms with Crippen molar-refractivity contribution in [3.63, 3.8) is 0 Å². The first-order chi connectivity index (χ1) is 48.5. The number of rotatable bonds is 80. The second kappa shape index (κ2) is 78.3. The van der Waals surface area contributed by atoms with E-state index in [2.05, 4.69) is 29.8 Å². The van der Waals surface area contributed by atoms with E-state index in [9.17, 15) is 33.9 Å². The van der Waals surface area contributed by atoms with Gasteiger partial charge in [-0.05, 0) is 25.7 Å². The second-order valence-electron chi connectivity index (χ2n) is 23.7. The van der Waals surface area contributed by atoms with Crippen LogP contribution < -0.4 is 27.4 Å². The zero-order valence-electron chi connectivity index (χ0n) is 60.9. The Kier molecular flexibility index (Phi) is 75.3. The van der Waals surface area contributed by atoms with Gasteiger partial charge in [0.2, 0.25) is 23.6 Å². The molecule has 0 saturated carbocycles. The molecule has 28 nitrogen and oxygen atoms in total. The Morgan fingerprint density at radius 3 is 1.05 bits per heavy atom. The summed E-state index contributed by atoms with van der Waals surface area (Å²) < 4.78 is 87.5. The van der Waals surface area contributed by atoms with Crippen LogP contribution in [0.4, 0.5) is 9.59 Å². The number of aliphatic hydroxyl groups excluding tert-OH is 1. The van der Waals surface area contributed by atoms with Gasteiger partial charge in [-0.3, -0.25) is 19.2 Å². The normalized spacial score (nSPS) is 12.3. The summed E-state index contributed by atoms with van der Waals surface area (Å²) >= 11 is 1.29. The molecule has 0 aliphatic heterocycles. The Hall–Kier alpha value is -3.79. The van der Waals surface area contributed by atoms with Crippen LogP contribution in [0.5, 0.6) is 0 Å². The first-order valence-corrected chi connectivity index (χ1v) is 38.3. The van der Waals surface area contributed by atoms with Crippen LogP contribution in [-0.4, -0.2) is 269 Å². The number of hydrogen-bond acceptors (Lipinski definition) is 25. The van der Waals surface area contributed by atoms with Gasteiger partial charge in [-0.1, -0.05) is 155 Å². The monoisotopic (exact) mass is 1450 g/mol. The number of hydrogen-bond donors (Lipinski definition) is 6. The number of primary amides is 1. The van der Waals surface area contributed by atoms with Crippen molar-refractivity contribution in [3.8, 4) is 0 Å². The Bertz CT molecular complexity index is 1810. The lowest BCUT2D eigenvalue weighted by Crippen LogP contribution is -2.54. The molecule has 29 heteroatoms. The van der Waals surface area contributed by atoms with Gasteiger partial charge < -0.3 is 108 Å². The number of thioether (sulfide) groups is 1. The fourth-order valence-electron chi connectivity index (χ4n) is 9.26. The number of carbonyl (C=O) groups is 6. The lowest BCUT2D eigenvalue weighted by molar-refractivity contribution is -0.130. The minimum Gasteiger partial charge on any atom is -0.434 e. The van der Waals surface area contributed by atoms with Crippen molar-refractivity contribution in [3.05, 3.63) is 0 Å². The summed E-state index contributed by atoms with van der Waals surface area (Å²) in [6.45, 7) is 13.8. The fourth-order valence-corrected chi connectivity index (χ4v) is 10.3. The maximum Gasteiger partial charge on any atom is 0.508 e. The average Bonchev–Trinajstić information content (AvgIpc) is 1.14. The minimum absolute atomic E-state index is 0.0757. The summed E-state index contributed by atoms with van der Waals surface area (Å²) in [5.41, 5.74) is 11.2. The zero-order valence-corrected chi connectivity index (χ0v) is 61.8. The highest BCUT2D eigenvalue weighted by atomic mass is 32.2. The molecule has 0 aliphatic carbocycles. The molecule has 0 aromatic carbocycles. The van der Waals surface area contributed by atoms with Crippen LogP contribution in [0, 0.1) is 0 Å². The van der Waals surface area contributed by atoms with Crippen LogP contribution in [-0.2, 0) is 95.0 Å². The zero-order chi connectivity index (χ0) is 72.1. The molecule has 0 heterocycles. The van der Waals surface area contributed by atoms with Gasteiger partial charge >= 0.3 is 12.3 Å². The maximum absolute atomic E-state index is 13.0. The minimum atomic E-state index is -1.23. The lowest BCUT2D eigenvalue weighted by atomic mass is 10.1. The topological polar surface area (TPSA) is 358 Å². The third-order valence-electron chi connectivity index (χ3n) is 14.9. The molecule has 0 fully saturated rings. The molecule has 0 rings (SSSR count). The molecule has 0 aliphatic rings. The van der Waals surface area contributed by atoms with E-state index in [1.54, 1.807) is 0 Å². The van der Waals surface area contributed by atoms with Gasteiger partial charge in [-0.25, -0.2) is 9.59 Å². The molecule has 584 valence electrons. The third-order valence-corrected chi connectivity index (χ3v) is 16.1. The molecule has 3 atom stereocenters. The van der Waals surface area contributed by atoms with Crippen molar-refractivity contribution in [1.82, 2.24) is 16.0 Å². The van der Waals surface area contributed by atoms with Crippen molar-refractivity contribution in [2.75, 3.05) is 210 Å². The number of nitrogens with two attached hydrogens (primary N) is 2. The standard InChI is InChI=1S/C70H135N5O23S/c1-3-5-7-9-11-13-15-17-19-21-23-25-31-95-69(81)96-33-27-28-62(98-70(82)97-32-26-24-22-20-18-16-14-12-10-8-6-4-2)60-99-61-63(71)67(79)75-64(59-76)68(80)73-30-35-84-37-39-86-41-43-88-45-47-90-49-51-92-53-55-94-57-56-93-54-52-91-50-48-89-46-44-87-42-40-85-38-36-83-34-29-66(78)74-58-65(72)77/h62-64,76H,3-61,71H2,1-2H3,(H2,72,77)(H,73,80)(H,74,78)(H,75,79)/t62-,63+,64+/m1/s1. The molecule has 0 unspecified atom stereocenters. The molecule has 0 spiro atoms. The lowest BCUT2D eigenvalue weighted by Gasteiger charge is -2.20. The van der Waals surface area contributed by atoms with Gasteiger partial charge in [0, 0.05) is 24.5 Å². The molecule has 0 aromatic rings. The smallest absolute Gasteiger partial charge is 0.434 e. The summed E-state index contributed by atoms with van der Waals surface area (Å²) in [6, 6.07) is -2.27. The summed E-state index contributed by atoms with van der Waals surface area (Å²) in [5, 5.41) is 17.5. The molecule has 8 N–H and O–H groups in total. The van der Waals surface area contributed by atoms with E-state index in [4.69, 9.17) is 87.3 Å². The van der Waals surface area contributed by atoms with Gasteiger partial charge in [0.25, 0.3) is 0 Å². The Morgan fingerprint density at radius 2 is 0.697 bits per heavy atom. The number of ether oxygens (including phenoxy) is 16. The Morgan fingerprint density at radius 1 is 0.374 bits per heavy atom. The van der Waals surface area contributed by atoms with Crippen LogP contribution in [0.25, 0.3) is 0 Å². The van der Waals surface area contributed by atoms with Crippen molar-refractivity contribution < 1.29 is 110 Å². The van der Waals surface area contributed by atoms with Crippen molar-refractivity contribution in [2.24, 2.45) is 11.5 Å². The first-order valence-electron chi connectivity index (χ1n) is 37.2. The van der Waals surface area contributed by atoms with E-state index in [0.29, 0.717) is 158 Å². The molecule has 4 amide bonds. The molecular formula is C70H135N5O23S. The van der Waals surface area contributed by atoms with Gasteiger partial charge in [0.15, 0.2) is 0 Å². The first kappa shape index (κ1) is 95.2. The molecule has 0 radical (unpaired) electrons. The Balaban J connectivity index is 4.06. The summed E-state index contributed by atoms with van der Waals surface area (Å²) in [7, 11) is 0. The van der Waals surface area contributed by atoms with Crippen LogP contribution in [0.3, 0.4) is 0 Å². The Labute approximate surface area is 597 Å². The largest absolute Gasteiger partial charge is 0.508 e.